The predicted molar refractivity (Wildman–Crippen MR) is 96.0 cm³/mol. The number of fused-ring (bicyclic) bond motifs is 5. The van der Waals surface area contributed by atoms with E-state index in [1.807, 2.05) is 29.1 Å². The number of amides is 2. The molecule has 5 rings (SSSR count). The van der Waals surface area contributed by atoms with Gasteiger partial charge in [0, 0.05) is 12.4 Å². The second kappa shape index (κ2) is 5.23. The summed E-state index contributed by atoms with van der Waals surface area (Å²) in [5, 5.41) is 0.782. The van der Waals surface area contributed by atoms with Crippen molar-refractivity contribution in [2.75, 3.05) is 4.90 Å². The lowest BCUT2D eigenvalue weighted by molar-refractivity contribution is -0.123. The van der Waals surface area contributed by atoms with Gasteiger partial charge < -0.3 is 4.57 Å². The first-order chi connectivity index (χ1) is 12.1. The molecule has 4 atom stereocenters. The first-order valence-electron chi connectivity index (χ1n) is 8.25. The topological polar surface area (TPSA) is 42.3 Å². The number of halogens is 2. The minimum atomic E-state index is -0.249. The second-order valence-electron chi connectivity index (χ2n) is 6.86. The molecule has 126 valence electrons. The molecule has 2 heterocycles. The van der Waals surface area contributed by atoms with Gasteiger partial charge in [0.2, 0.25) is 11.8 Å². The Balaban J connectivity index is 1.57. The Morgan fingerprint density at radius 2 is 1.36 bits per heavy atom. The molecule has 3 aliphatic rings. The molecule has 0 N–H and O–H groups in total. The fraction of sp³-hybridized carbons (Fsp3) is 0.263. The maximum atomic E-state index is 12.9. The van der Waals surface area contributed by atoms with Crippen molar-refractivity contribution in [2.24, 2.45) is 23.7 Å². The van der Waals surface area contributed by atoms with Crippen LogP contribution in [-0.2, 0) is 9.59 Å². The van der Waals surface area contributed by atoms with E-state index in [1.54, 1.807) is 12.1 Å². The highest BCUT2D eigenvalue weighted by Crippen LogP contribution is 2.54. The van der Waals surface area contributed by atoms with Crippen LogP contribution in [0.3, 0.4) is 0 Å². The zero-order valence-corrected chi connectivity index (χ0v) is 14.6. The van der Waals surface area contributed by atoms with E-state index in [2.05, 4.69) is 12.2 Å². The van der Waals surface area contributed by atoms with Crippen molar-refractivity contribution in [1.29, 1.82) is 0 Å². The third-order valence-electron chi connectivity index (χ3n) is 5.61. The van der Waals surface area contributed by atoms with Crippen LogP contribution >= 0.6 is 23.2 Å². The summed E-state index contributed by atoms with van der Waals surface area (Å²) in [6.45, 7) is 0. The molecule has 2 bridgehead atoms. The molecule has 0 spiro atoms. The third kappa shape index (κ3) is 2.01. The minimum absolute atomic E-state index is 0.154. The molecule has 25 heavy (non-hydrogen) atoms. The number of nitrogens with zero attached hydrogens (tertiary/aromatic N) is 2. The number of hydrogen-bond donors (Lipinski definition) is 0. The zero-order valence-electron chi connectivity index (χ0n) is 13.1. The van der Waals surface area contributed by atoms with Crippen LogP contribution in [0, 0.1) is 23.7 Å². The summed E-state index contributed by atoms with van der Waals surface area (Å²) in [6.07, 6.45) is 8.77. The van der Waals surface area contributed by atoms with Gasteiger partial charge in [-0.25, -0.2) is 4.90 Å². The summed E-state index contributed by atoms with van der Waals surface area (Å²) in [5.74, 6) is -0.463. The number of carbonyl (C=O) groups excluding carboxylic acids is 2. The van der Waals surface area contributed by atoms with Crippen LogP contribution in [0.25, 0.3) is 5.69 Å². The molecule has 0 radical (unpaired) electrons. The number of rotatable bonds is 2. The Labute approximate surface area is 154 Å². The Morgan fingerprint density at radius 1 is 0.840 bits per heavy atom. The number of carbonyl (C=O) groups is 2. The highest BCUT2D eigenvalue weighted by atomic mass is 35.5. The summed E-state index contributed by atoms with van der Waals surface area (Å²) in [7, 11) is 0. The van der Waals surface area contributed by atoms with Crippen LogP contribution in [0.1, 0.15) is 6.42 Å². The summed E-state index contributed by atoms with van der Waals surface area (Å²) in [4.78, 5) is 27.1. The van der Waals surface area contributed by atoms with Crippen molar-refractivity contribution in [3.63, 3.8) is 0 Å². The first-order valence-corrected chi connectivity index (χ1v) is 9.00. The summed E-state index contributed by atoms with van der Waals surface area (Å²) in [6, 6.07) is 7.08. The fourth-order valence-electron chi connectivity index (χ4n) is 4.53. The predicted octanol–water partition coefficient (Wildman–Crippen LogP) is 4.10. The van der Waals surface area contributed by atoms with Crippen LogP contribution in [0.15, 0.2) is 48.8 Å². The van der Waals surface area contributed by atoms with Crippen LogP contribution in [-0.4, -0.2) is 16.4 Å². The minimum Gasteiger partial charge on any atom is -0.322 e. The van der Waals surface area contributed by atoms with Crippen molar-refractivity contribution in [1.82, 2.24) is 4.57 Å². The molecule has 1 saturated carbocycles. The molecule has 6 heteroatoms. The normalized spacial score (nSPS) is 29.8. The average molecular weight is 373 g/mol. The third-order valence-corrected chi connectivity index (χ3v) is 6.22. The smallest absolute Gasteiger partial charge is 0.238 e. The standard InChI is InChI=1S/C19H14Cl2N2O2/c20-12-9-15(13(21)8-14(12)22-5-1-2-6-22)23-18(24)16-10-3-4-11(7-10)17(16)19(23)25/h1-6,8-11,16-17H,7H2/t10-,11+,16-,17+. The van der Waals surface area contributed by atoms with Crippen molar-refractivity contribution >= 4 is 40.7 Å². The van der Waals surface area contributed by atoms with Gasteiger partial charge in [-0.3, -0.25) is 9.59 Å². The van der Waals surface area contributed by atoms with Gasteiger partial charge in [-0.15, -0.1) is 0 Å². The number of aromatic nitrogens is 1. The van der Waals surface area contributed by atoms with E-state index >= 15 is 0 Å². The lowest BCUT2D eigenvalue weighted by atomic mass is 9.85. The number of hydrogen-bond acceptors (Lipinski definition) is 2. The molecule has 4 nitrogen and oxygen atoms in total. The quantitative estimate of drug-likeness (QED) is 0.588. The van der Waals surface area contributed by atoms with Crippen LogP contribution in [0.4, 0.5) is 5.69 Å². The highest BCUT2D eigenvalue weighted by Gasteiger charge is 2.59. The Hall–Kier alpha value is -2.04. The summed E-state index contributed by atoms with van der Waals surface area (Å²) in [5.41, 5.74) is 1.09. The molecule has 2 fully saturated rings. The Morgan fingerprint density at radius 3 is 1.96 bits per heavy atom. The molecule has 2 amide bonds. The largest absolute Gasteiger partial charge is 0.322 e. The molecule has 2 aliphatic carbocycles. The van der Waals surface area contributed by atoms with E-state index in [1.165, 1.54) is 4.90 Å². The van der Waals surface area contributed by atoms with Gasteiger partial charge >= 0.3 is 0 Å². The Bertz CT molecular complexity index is 905. The van der Waals surface area contributed by atoms with Gasteiger partial charge in [-0.1, -0.05) is 35.4 Å². The molecule has 1 aromatic heterocycles. The van der Waals surface area contributed by atoms with Crippen LogP contribution < -0.4 is 4.90 Å². The lowest BCUT2D eigenvalue weighted by Crippen LogP contribution is -2.33. The molecule has 1 aliphatic heterocycles. The van der Waals surface area contributed by atoms with Crippen molar-refractivity contribution in [2.45, 2.75) is 6.42 Å². The van der Waals surface area contributed by atoms with E-state index < -0.39 is 0 Å². The zero-order chi connectivity index (χ0) is 17.3. The molecular weight excluding hydrogens is 359 g/mol. The van der Waals surface area contributed by atoms with Gasteiger partial charge in [-0.05, 0) is 42.5 Å². The van der Waals surface area contributed by atoms with E-state index in [-0.39, 0.29) is 35.5 Å². The molecule has 0 unspecified atom stereocenters. The second-order valence-corrected chi connectivity index (χ2v) is 7.67. The van der Waals surface area contributed by atoms with Crippen LogP contribution in [0.5, 0.6) is 0 Å². The highest BCUT2D eigenvalue weighted by molar-refractivity contribution is 6.38. The summed E-state index contributed by atoms with van der Waals surface area (Å²) >= 11 is 12.9. The van der Waals surface area contributed by atoms with Crippen molar-refractivity contribution in [3.8, 4) is 5.69 Å². The number of imide groups is 1. The van der Waals surface area contributed by atoms with Gasteiger partial charge in [-0.2, -0.15) is 0 Å². The van der Waals surface area contributed by atoms with E-state index in [9.17, 15) is 9.59 Å². The molecule has 1 saturated heterocycles. The Kier molecular flexibility index (Phi) is 3.19. The average Bonchev–Trinajstić information content (AvgIpc) is 3.35. The number of benzene rings is 1. The summed E-state index contributed by atoms with van der Waals surface area (Å²) < 4.78 is 1.84. The van der Waals surface area contributed by atoms with E-state index in [0.717, 1.165) is 6.42 Å². The number of anilines is 1. The van der Waals surface area contributed by atoms with Crippen molar-refractivity contribution < 1.29 is 9.59 Å². The fourth-order valence-corrected chi connectivity index (χ4v) is 5.03. The first kappa shape index (κ1) is 15.2. The van der Waals surface area contributed by atoms with Crippen molar-refractivity contribution in [3.05, 3.63) is 58.9 Å². The van der Waals surface area contributed by atoms with E-state index in [0.29, 0.717) is 21.4 Å². The molecular formula is C19H14Cl2N2O2. The van der Waals surface area contributed by atoms with Gasteiger partial charge in [0.05, 0.1) is 33.3 Å². The maximum Gasteiger partial charge on any atom is 0.238 e. The maximum absolute atomic E-state index is 12.9. The van der Waals surface area contributed by atoms with Crippen LogP contribution in [0.2, 0.25) is 10.0 Å². The monoisotopic (exact) mass is 372 g/mol. The van der Waals surface area contributed by atoms with E-state index in [4.69, 9.17) is 23.2 Å². The molecule has 2 aromatic rings. The van der Waals surface area contributed by atoms with Gasteiger partial charge in [0.25, 0.3) is 0 Å². The lowest BCUT2D eigenvalue weighted by Gasteiger charge is -2.20. The SMILES string of the molecule is O=C1[C@@H]2[C@H](C(=O)N1c1cc(Cl)c(-n3cccc3)cc1Cl)[C@@H]1C=C[C@H]2C1. The van der Waals surface area contributed by atoms with Gasteiger partial charge in [0.1, 0.15) is 0 Å². The van der Waals surface area contributed by atoms with Gasteiger partial charge in [0.15, 0.2) is 0 Å². The molecule has 1 aromatic carbocycles. The number of allylic oxidation sites excluding steroid dienone is 2.